The van der Waals surface area contributed by atoms with Crippen LogP contribution in [0.5, 0.6) is 5.75 Å². The molecular weight excluding hydrogens is 295 g/mol. The van der Waals surface area contributed by atoms with Gasteiger partial charge in [-0.2, -0.15) is 0 Å². The van der Waals surface area contributed by atoms with Gasteiger partial charge in [0.05, 0.1) is 29.4 Å². The lowest BCUT2D eigenvalue weighted by Crippen LogP contribution is -2.16. The van der Waals surface area contributed by atoms with Crippen molar-refractivity contribution in [3.8, 4) is 5.75 Å². The van der Waals surface area contributed by atoms with Gasteiger partial charge in [0.1, 0.15) is 0 Å². The van der Waals surface area contributed by atoms with E-state index in [4.69, 9.17) is 22.1 Å². The van der Waals surface area contributed by atoms with Crippen molar-refractivity contribution in [2.75, 3.05) is 17.7 Å². The standard InChI is InChI=1S/C15H14ClFN2O2/c16-10-4-3-7-13(15(10)17)21-9-8-14(20)19-12-6-2-1-5-11(12)18/h1-7H,8-9,18H2,(H,19,20). The maximum absolute atomic E-state index is 13.6. The topological polar surface area (TPSA) is 64.3 Å². The molecule has 1 amide bonds. The second-order valence-corrected chi connectivity index (χ2v) is 4.69. The molecule has 0 saturated heterocycles. The van der Waals surface area contributed by atoms with Crippen LogP contribution in [0, 0.1) is 5.82 Å². The summed E-state index contributed by atoms with van der Waals surface area (Å²) in [5, 5.41) is 2.64. The number of anilines is 2. The SMILES string of the molecule is Nc1ccccc1NC(=O)CCOc1cccc(Cl)c1F. The van der Waals surface area contributed by atoms with Gasteiger partial charge < -0.3 is 15.8 Å². The van der Waals surface area contributed by atoms with Gasteiger partial charge in [0.25, 0.3) is 0 Å². The summed E-state index contributed by atoms with van der Waals surface area (Å²) < 4.78 is 18.8. The third-order valence-corrected chi connectivity index (χ3v) is 3.03. The zero-order chi connectivity index (χ0) is 15.2. The molecule has 2 aromatic carbocycles. The number of hydrogen-bond donors (Lipinski definition) is 2. The largest absolute Gasteiger partial charge is 0.490 e. The lowest BCUT2D eigenvalue weighted by molar-refractivity contribution is -0.116. The van der Waals surface area contributed by atoms with E-state index in [-0.39, 0.29) is 29.7 Å². The molecule has 110 valence electrons. The molecule has 0 aliphatic heterocycles. The number of halogens is 2. The molecule has 0 atom stereocenters. The Bertz CT molecular complexity index is 649. The van der Waals surface area contributed by atoms with Gasteiger partial charge in [-0.05, 0) is 24.3 Å². The molecule has 21 heavy (non-hydrogen) atoms. The third-order valence-electron chi connectivity index (χ3n) is 2.74. The van der Waals surface area contributed by atoms with E-state index in [1.807, 2.05) is 0 Å². The van der Waals surface area contributed by atoms with Gasteiger partial charge in [0.2, 0.25) is 5.91 Å². The number of ether oxygens (including phenoxy) is 1. The number of benzene rings is 2. The van der Waals surface area contributed by atoms with Crippen LogP contribution in [-0.4, -0.2) is 12.5 Å². The Hall–Kier alpha value is -2.27. The predicted octanol–water partition coefficient (Wildman–Crippen LogP) is 3.47. The molecule has 0 spiro atoms. The number of rotatable bonds is 5. The van der Waals surface area contributed by atoms with Crippen molar-refractivity contribution in [2.24, 2.45) is 0 Å². The zero-order valence-electron chi connectivity index (χ0n) is 11.1. The molecule has 0 bridgehead atoms. The summed E-state index contributed by atoms with van der Waals surface area (Å²) in [4.78, 5) is 11.7. The van der Waals surface area contributed by atoms with Crippen LogP contribution < -0.4 is 15.8 Å². The van der Waals surface area contributed by atoms with Crippen LogP contribution in [0.15, 0.2) is 42.5 Å². The first-order valence-electron chi connectivity index (χ1n) is 6.29. The molecule has 0 fully saturated rings. The summed E-state index contributed by atoms with van der Waals surface area (Å²) in [6.07, 6.45) is 0.0697. The van der Waals surface area contributed by atoms with E-state index in [0.717, 1.165) is 0 Å². The molecule has 4 nitrogen and oxygen atoms in total. The minimum Gasteiger partial charge on any atom is -0.490 e. The van der Waals surface area contributed by atoms with E-state index in [1.165, 1.54) is 12.1 Å². The molecule has 0 aliphatic carbocycles. The van der Waals surface area contributed by atoms with Crippen LogP contribution in [0.1, 0.15) is 6.42 Å². The van der Waals surface area contributed by atoms with Crippen molar-refractivity contribution in [3.05, 3.63) is 53.3 Å². The number of amides is 1. The average Bonchev–Trinajstić information content (AvgIpc) is 2.46. The van der Waals surface area contributed by atoms with Gasteiger partial charge >= 0.3 is 0 Å². The number of carbonyl (C=O) groups is 1. The van der Waals surface area contributed by atoms with Crippen molar-refractivity contribution >= 4 is 28.9 Å². The lowest BCUT2D eigenvalue weighted by Gasteiger charge is -2.09. The Morgan fingerprint density at radius 2 is 2.00 bits per heavy atom. The van der Waals surface area contributed by atoms with Crippen LogP contribution in [0.2, 0.25) is 5.02 Å². The summed E-state index contributed by atoms with van der Waals surface area (Å²) in [6.45, 7) is 0.0375. The van der Waals surface area contributed by atoms with E-state index in [9.17, 15) is 9.18 Å². The fourth-order valence-electron chi connectivity index (χ4n) is 1.67. The smallest absolute Gasteiger partial charge is 0.227 e. The predicted molar refractivity (Wildman–Crippen MR) is 81.0 cm³/mol. The Morgan fingerprint density at radius 1 is 1.24 bits per heavy atom. The average molecular weight is 309 g/mol. The van der Waals surface area contributed by atoms with Crippen molar-refractivity contribution in [2.45, 2.75) is 6.42 Å². The van der Waals surface area contributed by atoms with Gasteiger partial charge in [-0.1, -0.05) is 29.8 Å². The molecular formula is C15H14ClFN2O2. The molecule has 0 saturated carbocycles. The van der Waals surface area contributed by atoms with E-state index in [0.29, 0.717) is 11.4 Å². The molecule has 0 aliphatic rings. The Balaban J connectivity index is 1.85. The van der Waals surface area contributed by atoms with Crippen LogP contribution in [0.4, 0.5) is 15.8 Å². The number of nitrogens with one attached hydrogen (secondary N) is 1. The van der Waals surface area contributed by atoms with Gasteiger partial charge in [0, 0.05) is 0 Å². The van der Waals surface area contributed by atoms with Gasteiger partial charge in [-0.3, -0.25) is 4.79 Å². The van der Waals surface area contributed by atoms with Crippen LogP contribution >= 0.6 is 11.6 Å². The second-order valence-electron chi connectivity index (χ2n) is 4.29. The van der Waals surface area contributed by atoms with Crippen LogP contribution in [-0.2, 0) is 4.79 Å². The highest BCUT2D eigenvalue weighted by molar-refractivity contribution is 6.30. The van der Waals surface area contributed by atoms with Gasteiger partial charge in [-0.25, -0.2) is 4.39 Å². The molecule has 0 radical (unpaired) electrons. The fourth-order valence-corrected chi connectivity index (χ4v) is 1.84. The first-order chi connectivity index (χ1) is 10.1. The van der Waals surface area contributed by atoms with E-state index < -0.39 is 5.82 Å². The Morgan fingerprint density at radius 3 is 2.76 bits per heavy atom. The quantitative estimate of drug-likeness (QED) is 0.831. The Kier molecular flexibility index (Phi) is 5.00. The number of carbonyl (C=O) groups excluding carboxylic acids is 1. The van der Waals surface area contributed by atoms with E-state index in [2.05, 4.69) is 5.32 Å². The molecule has 0 unspecified atom stereocenters. The molecule has 6 heteroatoms. The monoisotopic (exact) mass is 308 g/mol. The lowest BCUT2D eigenvalue weighted by atomic mass is 10.2. The molecule has 0 heterocycles. The molecule has 3 N–H and O–H groups in total. The maximum Gasteiger partial charge on any atom is 0.227 e. The zero-order valence-corrected chi connectivity index (χ0v) is 11.9. The minimum atomic E-state index is -0.633. The normalized spacial score (nSPS) is 10.2. The third kappa shape index (κ3) is 4.10. The molecule has 2 aromatic rings. The van der Waals surface area contributed by atoms with Crippen LogP contribution in [0.3, 0.4) is 0 Å². The Labute approximate surface area is 126 Å². The number of nitrogens with two attached hydrogens (primary N) is 1. The van der Waals surface area contributed by atoms with Crippen molar-refractivity contribution in [1.29, 1.82) is 0 Å². The summed E-state index contributed by atoms with van der Waals surface area (Å²) in [6, 6.07) is 11.4. The minimum absolute atomic E-state index is 0.0194. The van der Waals surface area contributed by atoms with Crippen LogP contribution in [0.25, 0.3) is 0 Å². The van der Waals surface area contributed by atoms with Crippen molar-refractivity contribution < 1.29 is 13.9 Å². The summed E-state index contributed by atoms with van der Waals surface area (Å²) >= 11 is 5.63. The highest BCUT2D eigenvalue weighted by Gasteiger charge is 2.09. The highest BCUT2D eigenvalue weighted by atomic mass is 35.5. The van der Waals surface area contributed by atoms with Crippen molar-refractivity contribution in [3.63, 3.8) is 0 Å². The number of nitrogen functional groups attached to an aromatic ring is 1. The highest BCUT2D eigenvalue weighted by Crippen LogP contribution is 2.24. The molecule has 0 aromatic heterocycles. The van der Waals surface area contributed by atoms with E-state index >= 15 is 0 Å². The fraction of sp³-hybridized carbons (Fsp3) is 0.133. The van der Waals surface area contributed by atoms with Gasteiger partial charge in [0.15, 0.2) is 11.6 Å². The first-order valence-corrected chi connectivity index (χ1v) is 6.67. The summed E-state index contributed by atoms with van der Waals surface area (Å²) in [5.74, 6) is -0.878. The molecule has 2 rings (SSSR count). The maximum atomic E-state index is 13.6. The summed E-state index contributed by atoms with van der Waals surface area (Å²) in [7, 11) is 0. The number of hydrogen-bond acceptors (Lipinski definition) is 3. The van der Waals surface area contributed by atoms with E-state index in [1.54, 1.807) is 30.3 Å². The first kappa shape index (κ1) is 15.1. The summed E-state index contributed by atoms with van der Waals surface area (Å²) in [5.41, 5.74) is 6.73. The van der Waals surface area contributed by atoms with Crippen molar-refractivity contribution in [1.82, 2.24) is 0 Å². The second kappa shape index (κ2) is 6.95. The van der Waals surface area contributed by atoms with Gasteiger partial charge in [-0.15, -0.1) is 0 Å². The number of para-hydroxylation sites is 2.